The number of rotatable bonds is 4. The zero-order valence-corrected chi connectivity index (χ0v) is 14.2. The van der Waals surface area contributed by atoms with Crippen molar-refractivity contribution in [1.82, 2.24) is 19.9 Å². The van der Waals surface area contributed by atoms with Gasteiger partial charge in [-0.1, -0.05) is 6.07 Å². The Kier molecular flexibility index (Phi) is 4.21. The minimum absolute atomic E-state index is 0.115. The van der Waals surface area contributed by atoms with Crippen molar-refractivity contribution in [3.8, 4) is 5.88 Å². The highest BCUT2D eigenvalue weighted by Gasteiger charge is 2.46. The highest BCUT2D eigenvalue weighted by molar-refractivity contribution is 5.83. The molecule has 2 aromatic heterocycles. The third kappa shape index (κ3) is 3.26. The Hall–Kier alpha value is -2.70. The normalized spacial score (nSPS) is 22.6. The van der Waals surface area contributed by atoms with E-state index >= 15 is 0 Å². The van der Waals surface area contributed by atoms with Crippen LogP contribution in [0, 0.1) is 5.92 Å². The summed E-state index contributed by atoms with van der Waals surface area (Å²) in [5.74, 6) is 1.93. The topological polar surface area (TPSA) is 71.5 Å². The van der Waals surface area contributed by atoms with Crippen LogP contribution in [0.15, 0.2) is 36.8 Å². The predicted molar refractivity (Wildman–Crippen MR) is 92.5 cm³/mol. The molecule has 0 aromatic carbocycles. The van der Waals surface area contributed by atoms with E-state index in [1.54, 1.807) is 25.6 Å². The monoisotopic (exact) mass is 339 g/mol. The van der Waals surface area contributed by atoms with Crippen LogP contribution in [0.3, 0.4) is 0 Å². The third-order valence-electron chi connectivity index (χ3n) is 4.92. The van der Waals surface area contributed by atoms with Crippen LogP contribution in [0.2, 0.25) is 0 Å². The van der Waals surface area contributed by atoms with Gasteiger partial charge < -0.3 is 14.5 Å². The molecule has 2 aromatic rings. The van der Waals surface area contributed by atoms with E-state index in [-0.39, 0.29) is 11.8 Å². The molecule has 7 heteroatoms. The summed E-state index contributed by atoms with van der Waals surface area (Å²) >= 11 is 0. The van der Waals surface area contributed by atoms with Crippen LogP contribution in [0.1, 0.15) is 17.9 Å². The summed E-state index contributed by atoms with van der Waals surface area (Å²) in [4.78, 5) is 29.6. The number of nitrogens with zero attached hydrogens (tertiary/aromatic N) is 5. The molecule has 0 unspecified atom stereocenters. The first-order chi connectivity index (χ1) is 12.3. The molecule has 0 spiro atoms. The van der Waals surface area contributed by atoms with E-state index in [0.717, 1.165) is 19.5 Å². The summed E-state index contributed by atoms with van der Waals surface area (Å²) < 4.78 is 5.15. The van der Waals surface area contributed by atoms with Gasteiger partial charge in [0.2, 0.25) is 17.7 Å². The lowest BCUT2D eigenvalue weighted by Crippen LogP contribution is -2.49. The van der Waals surface area contributed by atoms with Crippen molar-refractivity contribution in [2.24, 2.45) is 5.92 Å². The first-order valence-electron chi connectivity index (χ1n) is 8.57. The predicted octanol–water partition coefficient (Wildman–Crippen LogP) is 1.33. The molecule has 4 rings (SSSR count). The van der Waals surface area contributed by atoms with Gasteiger partial charge in [0.05, 0.1) is 7.11 Å². The molecule has 2 atom stereocenters. The zero-order valence-electron chi connectivity index (χ0n) is 14.2. The Morgan fingerprint density at radius 3 is 2.76 bits per heavy atom. The van der Waals surface area contributed by atoms with E-state index in [2.05, 4.69) is 25.9 Å². The molecule has 1 amide bonds. The number of aromatic nitrogens is 3. The molecule has 1 saturated heterocycles. The summed E-state index contributed by atoms with van der Waals surface area (Å²) in [5, 5.41) is 0. The smallest absolute Gasteiger partial charge is 0.228 e. The summed E-state index contributed by atoms with van der Waals surface area (Å²) in [5.41, 5.74) is 1.17. The lowest BCUT2D eigenvalue weighted by molar-refractivity contribution is -0.133. The second-order valence-electron chi connectivity index (χ2n) is 6.45. The average molecular weight is 339 g/mol. The molecule has 1 saturated carbocycles. The quantitative estimate of drug-likeness (QED) is 0.837. The number of anilines is 1. The molecule has 3 heterocycles. The lowest BCUT2D eigenvalue weighted by Gasteiger charge is -2.35. The molecule has 2 aliphatic rings. The molecule has 1 aliphatic carbocycles. The molecular formula is C18H21N5O2. The maximum absolute atomic E-state index is 12.7. The van der Waals surface area contributed by atoms with Crippen LogP contribution in [-0.2, 0) is 4.79 Å². The Bertz CT molecular complexity index is 746. The van der Waals surface area contributed by atoms with Gasteiger partial charge in [0.15, 0.2) is 0 Å². The maximum atomic E-state index is 12.7. The van der Waals surface area contributed by atoms with E-state index in [4.69, 9.17) is 4.74 Å². The summed E-state index contributed by atoms with van der Waals surface area (Å²) in [7, 11) is 1.59. The minimum atomic E-state index is 0.115. The highest BCUT2D eigenvalue weighted by atomic mass is 16.5. The molecular weight excluding hydrogens is 318 g/mol. The standard InChI is InChI=1S/C18H21N5O2/c1-25-16-4-6-20-18(21-16)23-9-7-22(8-10-23)17(24)15-11-14(15)13-3-2-5-19-12-13/h2-6,12,14-15H,7-11H2,1H3/t14-,15-/m0/s1. The summed E-state index contributed by atoms with van der Waals surface area (Å²) in [6.07, 6.45) is 6.27. The van der Waals surface area contributed by atoms with Crippen molar-refractivity contribution in [3.05, 3.63) is 42.4 Å². The Labute approximate surface area is 146 Å². The van der Waals surface area contributed by atoms with E-state index in [1.165, 1.54) is 5.56 Å². The second kappa shape index (κ2) is 6.66. The van der Waals surface area contributed by atoms with Crippen molar-refractivity contribution in [2.45, 2.75) is 12.3 Å². The number of hydrogen-bond acceptors (Lipinski definition) is 6. The largest absolute Gasteiger partial charge is 0.481 e. The van der Waals surface area contributed by atoms with E-state index in [9.17, 15) is 4.79 Å². The van der Waals surface area contributed by atoms with Gasteiger partial charge in [-0.2, -0.15) is 4.98 Å². The number of carbonyl (C=O) groups is 1. The molecule has 0 radical (unpaired) electrons. The first kappa shape index (κ1) is 15.8. The van der Waals surface area contributed by atoms with Gasteiger partial charge in [-0.25, -0.2) is 4.98 Å². The molecule has 130 valence electrons. The van der Waals surface area contributed by atoms with E-state index in [1.807, 2.05) is 17.2 Å². The van der Waals surface area contributed by atoms with Crippen molar-refractivity contribution >= 4 is 11.9 Å². The van der Waals surface area contributed by atoms with Gasteiger partial charge in [-0.05, 0) is 24.0 Å². The van der Waals surface area contributed by atoms with E-state index in [0.29, 0.717) is 30.8 Å². The fraction of sp³-hybridized carbons (Fsp3) is 0.444. The fourth-order valence-electron chi connectivity index (χ4n) is 3.39. The van der Waals surface area contributed by atoms with Crippen LogP contribution in [0.5, 0.6) is 5.88 Å². The summed E-state index contributed by atoms with van der Waals surface area (Å²) in [6, 6.07) is 5.72. The van der Waals surface area contributed by atoms with Gasteiger partial charge in [0, 0.05) is 56.8 Å². The number of pyridine rings is 1. The fourth-order valence-corrected chi connectivity index (χ4v) is 3.39. The van der Waals surface area contributed by atoms with Gasteiger partial charge in [-0.15, -0.1) is 0 Å². The number of methoxy groups -OCH3 is 1. The van der Waals surface area contributed by atoms with Crippen molar-refractivity contribution in [1.29, 1.82) is 0 Å². The van der Waals surface area contributed by atoms with Gasteiger partial charge in [0.1, 0.15) is 0 Å². The molecule has 25 heavy (non-hydrogen) atoms. The Morgan fingerprint density at radius 1 is 1.20 bits per heavy atom. The molecule has 0 bridgehead atoms. The van der Waals surface area contributed by atoms with Gasteiger partial charge in [-0.3, -0.25) is 9.78 Å². The average Bonchev–Trinajstić information content (AvgIpc) is 3.49. The molecule has 7 nitrogen and oxygen atoms in total. The maximum Gasteiger partial charge on any atom is 0.228 e. The van der Waals surface area contributed by atoms with E-state index < -0.39 is 0 Å². The van der Waals surface area contributed by atoms with Crippen LogP contribution in [0.25, 0.3) is 0 Å². The third-order valence-corrected chi connectivity index (χ3v) is 4.92. The van der Waals surface area contributed by atoms with Crippen LogP contribution < -0.4 is 9.64 Å². The zero-order chi connectivity index (χ0) is 17.2. The Balaban J connectivity index is 1.34. The SMILES string of the molecule is COc1ccnc(N2CCN(C(=O)[C@H]3C[C@H]3c3cccnc3)CC2)n1. The number of carbonyl (C=O) groups excluding carboxylic acids is 1. The van der Waals surface area contributed by atoms with Gasteiger partial charge >= 0.3 is 0 Å². The molecule has 1 aliphatic heterocycles. The minimum Gasteiger partial charge on any atom is -0.481 e. The van der Waals surface area contributed by atoms with Crippen molar-refractivity contribution < 1.29 is 9.53 Å². The molecule has 2 fully saturated rings. The number of ether oxygens (including phenoxy) is 1. The van der Waals surface area contributed by atoms with Crippen molar-refractivity contribution in [3.63, 3.8) is 0 Å². The first-order valence-corrected chi connectivity index (χ1v) is 8.57. The molecule has 0 N–H and O–H groups in total. The number of amides is 1. The van der Waals surface area contributed by atoms with Crippen LogP contribution in [-0.4, -0.2) is 59.0 Å². The second-order valence-corrected chi connectivity index (χ2v) is 6.45. The summed E-state index contributed by atoms with van der Waals surface area (Å²) in [6.45, 7) is 2.89. The lowest BCUT2D eigenvalue weighted by atomic mass is 10.1. The van der Waals surface area contributed by atoms with Crippen LogP contribution in [0.4, 0.5) is 5.95 Å². The highest BCUT2D eigenvalue weighted by Crippen LogP contribution is 2.48. The number of piperazine rings is 1. The van der Waals surface area contributed by atoms with Crippen LogP contribution >= 0.6 is 0 Å². The Morgan fingerprint density at radius 2 is 2.04 bits per heavy atom. The number of hydrogen-bond donors (Lipinski definition) is 0. The van der Waals surface area contributed by atoms with Gasteiger partial charge in [0.25, 0.3) is 0 Å². The van der Waals surface area contributed by atoms with Crippen molar-refractivity contribution in [2.75, 3.05) is 38.2 Å².